The molecule has 1 aliphatic carbocycles. The number of carbonyl (C=O) groups is 2. The summed E-state index contributed by atoms with van der Waals surface area (Å²) in [6.45, 7) is 5.23. The summed E-state index contributed by atoms with van der Waals surface area (Å²) in [4.78, 5) is 21.7. The molecule has 0 unspecified atom stereocenters. The molecule has 0 aliphatic heterocycles. The number of ketones is 1. The zero-order valence-electron chi connectivity index (χ0n) is 7.63. The SMILES string of the molecule is CC(=O)[C@H]1C[C@@H](C(=O)O)C1(C)C. The van der Waals surface area contributed by atoms with Crippen LogP contribution in [0.3, 0.4) is 0 Å². The minimum atomic E-state index is -0.780. The summed E-state index contributed by atoms with van der Waals surface area (Å²) in [7, 11) is 0. The number of carbonyl (C=O) groups excluding carboxylic acids is 1. The van der Waals surface area contributed by atoms with Gasteiger partial charge in [0.05, 0.1) is 5.92 Å². The van der Waals surface area contributed by atoms with Gasteiger partial charge in [0.25, 0.3) is 0 Å². The first-order valence-electron chi connectivity index (χ1n) is 4.10. The van der Waals surface area contributed by atoms with E-state index in [9.17, 15) is 9.59 Å². The molecule has 0 saturated heterocycles. The van der Waals surface area contributed by atoms with E-state index in [0.717, 1.165) is 0 Å². The summed E-state index contributed by atoms with van der Waals surface area (Å²) < 4.78 is 0. The van der Waals surface area contributed by atoms with Crippen molar-refractivity contribution < 1.29 is 14.7 Å². The molecule has 1 aliphatic rings. The molecule has 68 valence electrons. The summed E-state index contributed by atoms with van der Waals surface area (Å²) in [6, 6.07) is 0. The maximum Gasteiger partial charge on any atom is 0.307 e. The summed E-state index contributed by atoms with van der Waals surface area (Å²) in [5, 5.41) is 8.76. The van der Waals surface area contributed by atoms with Gasteiger partial charge in [-0.15, -0.1) is 0 Å². The van der Waals surface area contributed by atoms with Crippen molar-refractivity contribution in [3.8, 4) is 0 Å². The van der Waals surface area contributed by atoms with Gasteiger partial charge in [0.1, 0.15) is 5.78 Å². The lowest BCUT2D eigenvalue weighted by atomic mass is 9.53. The van der Waals surface area contributed by atoms with Crippen LogP contribution >= 0.6 is 0 Å². The molecule has 1 fully saturated rings. The number of hydrogen-bond donors (Lipinski definition) is 1. The Kier molecular flexibility index (Phi) is 1.98. The van der Waals surface area contributed by atoms with E-state index in [1.165, 1.54) is 6.92 Å². The highest BCUT2D eigenvalue weighted by Gasteiger charge is 2.53. The molecule has 1 N–H and O–H groups in total. The molecule has 0 aromatic carbocycles. The van der Waals surface area contributed by atoms with Gasteiger partial charge >= 0.3 is 5.97 Å². The second-order valence-corrected chi connectivity index (χ2v) is 4.11. The predicted octanol–water partition coefficient (Wildman–Crippen LogP) is 1.32. The minimum absolute atomic E-state index is 0.0569. The Morgan fingerprint density at radius 1 is 1.33 bits per heavy atom. The predicted molar refractivity (Wildman–Crippen MR) is 43.7 cm³/mol. The minimum Gasteiger partial charge on any atom is -0.481 e. The van der Waals surface area contributed by atoms with Gasteiger partial charge in [-0.2, -0.15) is 0 Å². The van der Waals surface area contributed by atoms with E-state index in [1.807, 2.05) is 13.8 Å². The van der Waals surface area contributed by atoms with Gasteiger partial charge in [-0.3, -0.25) is 9.59 Å². The van der Waals surface area contributed by atoms with Crippen molar-refractivity contribution >= 4 is 11.8 Å². The molecule has 0 aromatic heterocycles. The second kappa shape index (κ2) is 2.57. The van der Waals surface area contributed by atoms with Gasteiger partial charge in [0, 0.05) is 5.92 Å². The maximum absolute atomic E-state index is 11.0. The molecule has 0 heterocycles. The summed E-state index contributed by atoms with van der Waals surface area (Å²) in [5.74, 6) is -1.07. The van der Waals surface area contributed by atoms with Crippen LogP contribution in [0.2, 0.25) is 0 Å². The first-order chi connectivity index (χ1) is 5.37. The molecular formula is C9H14O3. The Morgan fingerprint density at radius 2 is 1.83 bits per heavy atom. The van der Waals surface area contributed by atoms with Crippen molar-refractivity contribution in [3.63, 3.8) is 0 Å². The average Bonchev–Trinajstić information content (AvgIpc) is 1.83. The molecule has 12 heavy (non-hydrogen) atoms. The fraction of sp³-hybridized carbons (Fsp3) is 0.778. The van der Waals surface area contributed by atoms with Crippen LogP contribution in [0.25, 0.3) is 0 Å². The first kappa shape index (κ1) is 9.23. The zero-order chi connectivity index (χ0) is 9.52. The third kappa shape index (κ3) is 1.13. The standard InChI is InChI=1S/C9H14O3/c1-5(10)6-4-7(8(11)12)9(6,2)3/h6-7H,4H2,1-3H3,(H,11,12)/t6-,7+/m1/s1. The molecule has 3 heteroatoms. The normalized spacial score (nSPS) is 32.2. The number of carboxylic acids is 1. The van der Waals surface area contributed by atoms with Crippen molar-refractivity contribution in [2.24, 2.45) is 17.3 Å². The third-order valence-electron chi connectivity index (χ3n) is 3.06. The fourth-order valence-electron chi connectivity index (χ4n) is 2.03. The number of Topliss-reactive ketones (excluding diaryl/α,β-unsaturated/α-hetero) is 1. The summed E-state index contributed by atoms with van der Waals surface area (Å²) in [5.41, 5.74) is -0.350. The van der Waals surface area contributed by atoms with Crippen molar-refractivity contribution in [3.05, 3.63) is 0 Å². The second-order valence-electron chi connectivity index (χ2n) is 4.11. The van der Waals surface area contributed by atoms with E-state index in [2.05, 4.69) is 0 Å². The van der Waals surface area contributed by atoms with E-state index >= 15 is 0 Å². The molecular weight excluding hydrogens is 156 g/mol. The lowest BCUT2D eigenvalue weighted by Crippen LogP contribution is -2.51. The largest absolute Gasteiger partial charge is 0.481 e. The van der Waals surface area contributed by atoms with Crippen molar-refractivity contribution in [2.75, 3.05) is 0 Å². The van der Waals surface area contributed by atoms with Crippen LogP contribution in [-0.2, 0) is 9.59 Å². The number of carboxylic acid groups (broad SMARTS) is 1. The van der Waals surface area contributed by atoms with Gasteiger partial charge in [0.15, 0.2) is 0 Å². The molecule has 1 saturated carbocycles. The van der Waals surface area contributed by atoms with Crippen LogP contribution in [0, 0.1) is 17.3 Å². The smallest absolute Gasteiger partial charge is 0.307 e. The monoisotopic (exact) mass is 170 g/mol. The van der Waals surface area contributed by atoms with E-state index in [0.29, 0.717) is 6.42 Å². The fourth-order valence-corrected chi connectivity index (χ4v) is 2.03. The quantitative estimate of drug-likeness (QED) is 0.680. The van der Waals surface area contributed by atoms with Crippen LogP contribution in [0.4, 0.5) is 0 Å². The van der Waals surface area contributed by atoms with Crippen LogP contribution in [-0.4, -0.2) is 16.9 Å². The topological polar surface area (TPSA) is 54.4 Å². The molecule has 0 bridgehead atoms. The summed E-state index contributed by atoms with van der Waals surface area (Å²) in [6.07, 6.45) is 0.512. The Hall–Kier alpha value is -0.860. The zero-order valence-corrected chi connectivity index (χ0v) is 7.63. The van der Waals surface area contributed by atoms with E-state index in [4.69, 9.17) is 5.11 Å². The van der Waals surface area contributed by atoms with Crippen molar-refractivity contribution in [1.29, 1.82) is 0 Å². The molecule has 0 spiro atoms. The van der Waals surface area contributed by atoms with Crippen LogP contribution in [0.1, 0.15) is 27.2 Å². The van der Waals surface area contributed by atoms with Crippen molar-refractivity contribution in [1.82, 2.24) is 0 Å². The highest BCUT2D eigenvalue weighted by molar-refractivity contribution is 5.84. The lowest BCUT2D eigenvalue weighted by Gasteiger charge is -2.48. The molecule has 2 atom stereocenters. The van der Waals surface area contributed by atoms with E-state index in [1.54, 1.807) is 0 Å². The maximum atomic E-state index is 11.0. The highest BCUT2D eigenvalue weighted by Crippen LogP contribution is 2.51. The Bertz CT molecular complexity index is 208. The lowest BCUT2D eigenvalue weighted by molar-refractivity contribution is -0.162. The molecule has 0 aromatic rings. The molecule has 0 radical (unpaired) electrons. The van der Waals surface area contributed by atoms with E-state index < -0.39 is 5.97 Å². The number of hydrogen-bond acceptors (Lipinski definition) is 2. The van der Waals surface area contributed by atoms with Gasteiger partial charge in [0.2, 0.25) is 0 Å². The van der Waals surface area contributed by atoms with Crippen molar-refractivity contribution in [2.45, 2.75) is 27.2 Å². The van der Waals surface area contributed by atoms with Crippen LogP contribution < -0.4 is 0 Å². The average molecular weight is 170 g/mol. The third-order valence-corrected chi connectivity index (χ3v) is 3.06. The Balaban J connectivity index is 2.72. The number of rotatable bonds is 2. The molecule has 0 amide bonds. The highest BCUT2D eigenvalue weighted by atomic mass is 16.4. The van der Waals surface area contributed by atoms with Gasteiger partial charge in [-0.1, -0.05) is 13.8 Å². The van der Waals surface area contributed by atoms with E-state index in [-0.39, 0.29) is 23.0 Å². The summed E-state index contributed by atoms with van der Waals surface area (Å²) >= 11 is 0. The van der Waals surface area contributed by atoms with Gasteiger partial charge < -0.3 is 5.11 Å². The number of aliphatic carboxylic acids is 1. The van der Waals surface area contributed by atoms with Gasteiger partial charge in [-0.25, -0.2) is 0 Å². The molecule has 1 rings (SSSR count). The van der Waals surface area contributed by atoms with Crippen LogP contribution in [0.15, 0.2) is 0 Å². The van der Waals surface area contributed by atoms with Crippen LogP contribution in [0.5, 0.6) is 0 Å². The molecule has 3 nitrogen and oxygen atoms in total. The Morgan fingerprint density at radius 3 is 2.08 bits per heavy atom. The first-order valence-corrected chi connectivity index (χ1v) is 4.10. The Labute approximate surface area is 71.8 Å². The van der Waals surface area contributed by atoms with Gasteiger partial charge in [-0.05, 0) is 18.8 Å².